The Bertz CT molecular complexity index is 770. The normalized spacial score (nSPS) is 12.5. The van der Waals surface area contributed by atoms with Crippen molar-refractivity contribution < 1.29 is 19.1 Å². The number of rotatable bonds is 5. The fourth-order valence-electron chi connectivity index (χ4n) is 2.51. The molecule has 0 saturated heterocycles. The second kappa shape index (κ2) is 7.17. The Balaban J connectivity index is 1.57. The molecule has 3 rings (SSSR count). The van der Waals surface area contributed by atoms with Crippen LogP contribution in [0.2, 0.25) is 0 Å². The van der Waals surface area contributed by atoms with Crippen LogP contribution < -0.4 is 14.8 Å². The average molecular weight is 325 g/mol. The first kappa shape index (κ1) is 16.1. The molecule has 1 aliphatic rings. The molecule has 1 amide bonds. The van der Waals surface area contributed by atoms with Gasteiger partial charge in [-0.1, -0.05) is 18.2 Å². The lowest BCUT2D eigenvalue weighted by atomic mass is 10.1. The van der Waals surface area contributed by atoms with E-state index >= 15 is 0 Å². The standard InChI is InChI=1S/C19H19NO4/c1-13-4-2-3-5-15(13)20-19(22)9-7-16(21)14-6-8-17-18(12-14)24-11-10-23-17/h2-6,8,12H,7,9-11H2,1H3,(H,20,22). The third-order valence-electron chi connectivity index (χ3n) is 3.86. The summed E-state index contributed by atoms with van der Waals surface area (Å²) in [7, 11) is 0. The highest BCUT2D eigenvalue weighted by Gasteiger charge is 2.16. The number of ketones is 1. The quantitative estimate of drug-likeness (QED) is 0.856. The number of hydrogen-bond acceptors (Lipinski definition) is 4. The van der Waals surface area contributed by atoms with Gasteiger partial charge in [0.15, 0.2) is 17.3 Å². The van der Waals surface area contributed by atoms with Gasteiger partial charge in [-0.05, 0) is 36.8 Å². The fourth-order valence-corrected chi connectivity index (χ4v) is 2.51. The van der Waals surface area contributed by atoms with Gasteiger partial charge in [0.05, 0.1) is 0 Å². The van der Waals surface area contributed by atoms with Gasteiger partial charge in [-0.15, -0.1) is 0 Å². The second-order valence-electron chi connectivity index (χ2n) is 5.64. The first-order valence-electron chi connectivity index (χ1n) is 7.92. The van der Waals surface area contributed by atoms with Gasteiger partial charge in [-0.2, -0.15) is 0 Å². The van der Waals surface area contributed by atoms with E-state index in [4.69, 9.17) is 9.47 Å². The number of fused-ring (bicyclic) bond motifs is 1. The van der Waals surface area contributed by atoms with Crippen molar-refractivity contribution >= 4 is 17.4 Å². The third-order valence-corrected chi connectivity index (χ3v) is 3.86. The lowest BCUT2D eigenvalue weighted by molar-refractivity contribution is -0.116. The monoisotopic (exact) mass is 325 g/mol. The Hall–Kier alpha value is -2.82. The van der Waals surface area contributed by atoms with E-state index in [1.807, 2.05) is 31.2 Å². The van der Waals surface area contributed by atoms with Crippen LogP contribution in [-0.4, -0.2) is 24.9 Å². The molecule has 0 bridgehead atoms. The first-order valence-corrected chi connectivity index (χ1v) is 7.92. The van der Waals surface area contributed by atoms with E-state index in [1.165, 1.54) is 0 Å². The average Bonchev–Trinajstić information content (AvgIpc) is 2.61. The molecular formula is C19H19NO4. The van der Waals surface area contributed by atoms with E-state index in [0.717, 1.165) is 11.3 Å². The second-order valence-corrected chi connectivity index (χ2v) is 5.64. The fraction of sp³-hybridized carbons (Fsp3) is 0.263. The summed E-state index contributed by atoms with van der Waals surface area (Å²) in [5, 5.41) is 2.83. The SMILES string of the molecule is Cc1ccccc1NC(=O)CCC(=O)c1ccc2c(c1)OCCO2. The van der Waals surface area contributed by atoms with Crippen LogP contribution in [-0.2, 0) is 4.79 Å². The number of hydrogen-bond donors (Lipinski definition) is 1. The van der Waals surface area contributed by atoms with Gasteiger partial charge in [-0.25, -0.2) is 0 Å². The molecule has 124 valence electrons. The number of carbonyl (C=O) groups excluding carboxylic acids is 2. The van der Waals surface area contributed by atoms with Gasteiger partial charge < -0.3 is 14.8 Å². The van der Waals surface area contributed by atoms with Crippen molar-refractivity contribution in [3.05, 3.63) is 53.6 Å². The summed E-state index contributed by atoms with van der Waals surface area (Å²) >= 11 is 0. The van der Waals surface area contributed by atoms with E-state index in [0.29, 0.717) is 30.3 Å². The van der Waals surface area contributed by atoms with Crippen LogP contribution in [0, 0.1) is 6.92 Å². The Morgan fingerprint density at radius 2 is 1.75 bits per heavy atom. The van der Waals surface area contributed by atoms with E-state index in [-0.39, 0.29) is 24.5 Å². The molecule has 2 aromatic carbocycles. The van der Waals surface area contributed by atoms with Gasteiger partial charge in [0.1, 0.15) is 13.2 Å². The summed E-state index contributed by atoms with van der Waals surface area (Å²) in [6.07, 6.45) is 0.291. The van der Waals surface area contributed by atoms with Crippen molar-refractivity contribution in [3.63, 3.8) is 0 Å². The predicted molar refractivity (Wildman–Crippen MR) is 90.8 cm³/mol. The number of Topliss-reactive ketones (excluding diaryl/α,β-unsaturated/α-hetero) is 1. The molecule has 5 nitrogen and oxygen atoms in total. The summed E-state index contributed by atoms with van der Waals surface area (Å²) in [6, 6.07) is 12.7. The maximum absolute atomic E-state index is 12.3. The molecule has 0 unspecified atom stereocenters. The lowest BCUT2D eigenvalue weighted by Gasteiger charge is -2.18. The Kier molecular flexibility index (Phi) is 4.79. The molecule has 0 fully saturated rings. The molecule has 1 N–H and O–H groups in total. The number of anilines is 1. The minimum atomic E-state index is -0.171. The van der Waals surface area contributed by atoms with Crippen molar-refractivity contribution in [2.24, 2.45) is 0 Å². The molecule has 1 heterocycles. The molecule has 0 aromatic heterocycles. The highest BCUT2D eigenvalue weighted by Crippen LogP contribution is 2.31. The maximum atomic E-state index is 12.3. The van der Waals surface area contributed by atoms with Gasteiger partial charge in [-0.3, -0.25) is 9.59 Å². The van der Waals surface area contributed by atoms with E-state index in [2.05, 4.69) is 5.32 Å². The molecule has 0 atom stereocenters. The maximum Gasteiger partial charge on any atom is 0.224 e. The number of benzene rings is 2. The van der Waals surface area contributed by atoms with Crippen molar-refractivity contribution in [2.75, 3.05) is 18.5 Å². The summed E-state index contributed by atoms with van der Waals surface area (Å²) in [6.45, 7) is 2.92. The number of aryl methyl sites for hydroxylation is 1. The van der Waals surface area contributed by atoms with Crippen LogP contribution in [0.15, 0.2) is 42.5 Å². The summed E-state index contributed by atoms with van der Waals surface area (Å²) < 4.78 is 10.9. The zero-order chi connectivity index (χ0) is 16.9. The molecule has 0 spiro atoms. The molecule has 0 aliphatic carbocycles. The zero-order valence-electron chi connectivity index (χ0n) is 13.5. The summed E-state index contributed by atoms with van der Waals surface area (Å²) in [5.74, 6) is 0.966. The van der Waals surface area contributed by atoms with Crippen LogP contribution in [0.3, 0.4) is 0 Å². The number of amides is 1. The number of carbonyl (C=O) groups is 2. The van der Waals surface area contributed by atoms with Crippen LogP contribution in [0.5, 0.6) is 11.5 Å². The lowest BCUT2D eigenvalue weighted by Crippen LogP contribution is -2.16. The highest BCUT2D eigenvalue weighted by atomic mass is 16.6. The molecule has 5 heteroatoms. The molecule has 24 heavy (non-hydrogen) atoms. The van der Waals surface area contributed by atoms with E-state index in [9.17, 15) is 9.59 Å². The van der Waals surface area contributed by atoms with Crippen LogP contribution >= 0.6 is 0 Å². The van der Waals surface area contributed by atoms with Crippen LogP contribution in [0.4, 0.5) is 5.69 Å². The van der Waals surface area contributed by atoms with Crippen molar-refractivity contribution in [2.45, 2.75) is 19.8 Å². The van der Waals surface area contributed by atoms with Crippen molar-refractivity contribution in [3.8, 4) is 11.5 Å². The third kappa shape index (κ3) is 3.74. The molecule has 1 aliphatic heterocycles. The predicted octanol–water partition coefficient (Wildman–Crippen LogP) is 3.37. The number of para-hydroxylation sites is 1. The molecule has 2 aromatic rings. The van der Waals surface area contributed by atoms with Crippen LogP contribution in [0.25, 0.3) is 0 Å². The molecule has 0 radical (unpaired) electrons. The number of nitrogens with one attached hydrogen (secondary N) is 1. The minimum absolute atomic E-state index is 0.0908. The number of ether oxygens (including phenoxy) is 2. The Morgan fingerprint density at radius 3 is 2.54 bits per heavy atom. The Labute approximate surface area is 140 Å². The van der Waals surface area contributed by atoms with Gasteiger partial charge in [0.2, 0.25) is 5.91 Å². The van der Waals surface area contributed by atoms with Crippen LogP contribution in [0.1, 0.15) is 28.8 Å². The smallest absolute Gasteiger partial charge is 0.224 e. The van der Waals surface area contributed by atoms with Crippen molar-refractivity contribution in [1.29, 1.82) is 0 Å². The zero-order valence-corrected chi connectivity index (χ0v) is 13.5. The van der Waals surface area contributed by atoms with Gasteiger partial charge in [0, 0.05) is 24.1 Å². The largest absolute Gasteiger partial charge is 0.486 e. The molecular weight excluding hydrogens is 306 g/mol. The van der Waals surface area contributed by atoms with Crippen molar-refractivity contribution in [1.82, 2.24) is 0 Å². The van der Waals surface area contributed by atoms with Gasteiger partial charge in [0.25, 0.3) is 0 Å². The molecule has 0 saturated carbocycles. The Morgan fingerprint density at radius 1 is 1.00 bits per heavy atom. The van der Waals surface area contributed by atoms with Gasteiger partial charge >= 0.3 is 0 Å². The summed E-state index contributed by atoms with van der Waals surface area (Å²) in [5.41, 5.74) is 2.29. The highest BCUT2D eigenvalue weighted by molar-refractivity contribution is 6.00. The van der Waals surface area contributed by atoms with E-state index < -0.39 is 0 Å². The topological polar surface area (TPSA) is 64.6 Å². The van der Waals surface area contributed by atoms with E-state index in [1.54, 1.807) is 18.2 Å². The summed E-state index contributed by atoms with van der Waals surface area (Å²) in [4.78, 5) is 24.3. The minimum Gasteiger partial charge on any atom is -0.486 e. The first-order chi connectivity index (χ1) is 11.6.